The van der Waals surface area contributed by atoms with Gasteiger partial charge in [-0.2, -0.15) is 13.2 Å². The number of rotatable bonds is 5. The summed E-state index contributed by atoms with van der Waals surface area (Å²) in [5.74, 6) is -0.279. The number of alkyl halides is 3. The zero-order valence-electron chi connectivity index (χ0n) is 14.2. The summed E-state index contributed by atoms with van der Waals surface area (Å²) < 4.78 is 53.3. The van der Waals surface area contributed by atoms with Crippen LogP contribution in [0.4, 0.5) is 29.2 Å². The number of benzene rings is 2. The molecule has 0 fully saturated rings. The van der Waals surface area contributed by atoms with Crippen molar-refractivity contribution in [3.63, 3.8) is 0 Å². The fourth-order valence-corrected chi connectivity index (χ4v) is 3.34. The van der Waals surface area contributed by atoms with Crippen LogP contribution in [-0.4, -0.2) is 16.5 Å². The lowest BCUT2D eigenvalue weighted by Crippen LogP contribution is -2.20. The Morgan fingerprint density at radius 3 is 2.26 bits per heavy atom. The van der Waals surface area contributed by atoms with Crippen molar-refractivity contribution in [1.82, 2.24) is 9.97 Å². The Morgan fingerprint density at radius 1 is 1.00 bits per heavy atom. The standard InChI is InChI=1S/C19H15F4N3S/c1-2-26(14-10-8-13(20)9-11-14)18-24-12-16(19(21,22)23)17(25-18)27-15-6-4-3-5-7-15/h3-12H,2H2,1H3. The van der Waals surface area contributed by atoms with Crippen molar-refractivity contribution in [3.8, 4) is 0 Å². The smallest absolute Gasteiger partial charge is 0.311 e. The molecule has 3 aromatic rings. The van der Waals surface area contributed by atoms with Crippen LogP contribution < -0.4 is 4.90 Å². The summed E-state index contributed by atoms with van der Waals surface area (Å²) in [6, 6.07) is 14.3. The zero-order chi connectivity index (χ0) is 19.4. The highest BCUT2D eigenvalue weighted by atomic mass is 32.2. The zero-order valence-corrected chi connectivity index (χ0v) is 15.1. The first-order chi connectivity index (χ1) is 12.9. The normalized spacial score (nSPS) is 11.4. The minimum atomic E-state index is -4.57. The van der Waals surface area contributed by atoms with E-state index in [4.69, 9.17) is 0 Å². The van der Waals surface area contributed by atoms with Gasteiger partial charge >= 0.3 is 6.18 Å². The third-order valence-corrected chi connectivity index (χ3v) is 4.71. The molecule has 140 valence electrons. The van der Waals surface area contributed by atoms with E-state index in [1.807, 2.05) is 6.92 Å². The van der Waals surface area contributed by atoms with Crippen molar-refractivity contribution in [1.29, 1.82) is 0 Å². The Labute approximate surface area is 158 Å². The Balaban J connectivity index is 2.03. The quantitative estimate of drug-likeness (QED) is 0.396. The maximum Gasteiger partial charge on any atom is 0.420 e. The molecule has 0 N–H and O–H groups in total. The van der Waals surface area contributed by atoms with Crippen molar-refractivity contribution < 1.29 is 17.6 Å². The second kappa shape index (κ2) is 7.96. The molecule has 3 rings (SSSR count). The molecule has 1 heterocycles. The molecule has 0 radical (unpaired) electrons. The molecular formula is C19H15F4N3S. The largest absolute Gasteiger partial charge is 0.420 e. The fourth-order valence-electron chi connectivity index (χ4n) is 2.42. The molecule has 8 heteroatoms. The van der Waals surface area contributed by atoms with Crippen LogP contribution in [0.2, 0.25) is 0 Å². The summed E-state index contributed by atoms with van der Waals surface area (Å²) in [5.41, 5.74) is -0.301. The molecular weight excluding hydrogens is 378 g/mol. The first-order valence-electron chi connectivity index (χ1n) is 8.08. The van der Waals surface area contributed by atoms with Crippen LogP contribution in [0.15, 0.2) is 70.7 Å². The lowest BCUT2D eigenvalue weighted by Gasteiger charge is -2.22. The number of hydrogen-bond donors (Lipinski definition) is 0. The third kappa shape index (κ3) is 4.57. The van der Waals surface area contributed by atoms with E-state index in [1.165, 1.54) is 24.3 Å². The van der Waals surface area contributed by atoms with E-state index in [0.717, 1.165) is 18.0 Å². The van der Waals surface area contributed by atoms with E-state index in [2.05, 4.69) is 9.97 Å². The van der Waals surface area contributed by atoms with Gasteiger partial charge in [-0.05, 0) is 43.3 Å². The number of hydrogen-bond acceptors (Lipinski definition) is 4. The highest BCUT2D eigenvalue weighted by Crippen LogP contribution is 2.39. The van der Waals surface area contributed by atoms with E-state index in [0.29, 0.717) is 17.1 Å². The number of halogens is 4. The average molecular weight is 393 g/mol. The van der Waals surface area contributed by atoms with Gasteiger partial charge in [0.1, 0.15) is 16.4 Å². The highest BCUT2D eigenvalue weighted by molar-refractivity contribution is 7.99. The van der Waals surface area contributed by atoms with Gasteiger partial charge in [0, 0.05) is 23.3 Å². The molecule has 2 aromatic carbocycles. The van der Waals surface area contributed by atoms with Gasteiger partial charge < -0.3 is 4.90 Å². The molecule has 1 aromatic heterocycles. The van der Waals surface area contributed by atoms with Gasteiger partial charge in [0.25, 0.3) is 0 Å². The van der Waals surface area contributed by atoms with Crippen molar-refractivity contribution in [2.45, 2.75) is 23.0 Å². The van der Waals surface area contributed by atoms with Crippen LogP contribution in [0.25, 0.3) is 0 Å². The second-order valence-electron chi connectivity index (χ2n) is 5.52. The molecule has 0 bridgehead atoms. The van der Waals surface area contributed by atoms with Crippen LogP contribution in [-0.2, 0) is 6.18 Å². The molecule has 0 unspecified atom stereocenters. The van der Waals surface area contributed by atoms with E-state index in [1.54, 1.807) is 35.2 Å². The molecule has 0 saturated heterocycles. The van der Waals surface area contributed by atoms with Crippen LogP contribution in [0.5, 0.6) is 0 Å². The van der Waals surface area contributed by atoms with Crippen molar-refractivity contribution in [2.75, 3.05) is 11.4 Å². The molecule has 0 aliphatic rings. The summed E-state index contributed by atoms with van der Waals surface area (Å²) in [6.45, 7) is 2.22. The maximum absolute atomic E-state index is 13.4. The van der Waals surface area contributed by atoms with Crippen LogP contribution in [0.3, 0.4) is 0 Å². The van der Waals surface area contributed by atoms with Crippen molar-refractivity contribution in [2.24, 2.45) is 0 Å². The summed E-state index contributed by atoms with van der Waals surface area (Å²) in [7, 11) is 0. The van der Waals surface area contributed by atoms with E-state index in [9.17, 15) is 17.6 Å². The second-order valence-corrected chi connectivity index (χ2v) is 6.58. The van der Waals surface area contributed by atoms with Crippen molar-refractivity contribution >= 4 is 23.4 Å². The minimum Gasteiger partial charge on any atom is -0.311 e. The van der Waals surface area contributed by atoms with Gasteiger partial charge in [0.05, 0.1) is 0 Å². The van der Waals surface area contributed by atoms with Gasteiger partial charge in [-0.25, -0.2) is 14.4 Å². The highest BCUT2D eigenvalue weighted by Gasteiger charge is 2.35. The Kier molecular flexibility index (Phi) is 5.65. The van der Waals surface area contributed by atoms with E-state index >= 15 is 0 Å². The van der Waals surface area contributed by atoms with Gasteiger partial charge in [0.15, 0.2) is 0 Å². The van der Waals surface area contributed by atoms with Gasteiger partial charge in [-0.15, -0.1) is 0 Å². The maximum atomic E-state index is 13.4. The lowest BCUT2D eigenvalue weighted by molar-refractivity contribution is -0.140. The Hall–Kier alpha value is -2.61. The molecule has 0 aliphatic carbocycles. The fraction of sp³-hybridized carbons (Fsp3) is 0.158. The molecule has 0 atom stereocenters. The first kappa shape index (κ1) is 19.2. The van der Waals surface area contributed by atoms with Crippen LogP contribution in [0, 0.1) is 5.82 Å². The minimum absolute atomic E-state index is 0.121. The van der Waals surface area contributed by atoms with Gasteiger partial charge in [-0.1, -0.05) is 30.0 Å². The SMILES string of the molecule is CCN(c1ccc(F)cc1)c1ncc(C(F)(F)F)c(Sc2ccccc2)n1. The molecule has 3 nitrogen and oxygen atoms in total. The molecule has 0 aliphatic heterocycles. The Bertz CT molecular complexity index is 899. The average Bonchev–Trinajstić information content (AvgIpc) is 2.64. The van der Waals surface area contributed by atoms with Gasteiger partial charge in [-0.3, -0.25) is 0 Å². The van der Waals surface area contributed by atoms with E-state index < -0.39 is 17.6 Å². The summed E-state index contributed by atoms with van der Waals surface area (Å²) in [5, 5.41) is -0.181. The topological polar surface area (TPSA) is 29.0 Å². The number of aromatic nitrogens is 2. The summed E-state index contributed by atoms with van der Waals surface area (Å²) >= 11 is 0.923. The van der Waals surface area contributed by atoms with E-state index in [-0.39, 0.29) is 11.0 Å². The third-order valence-electron chi connectivity index (χ3n) is 3.70. The van der Waals surface area contributed by atoms with Crippen LogP contribution >= 0.6 is 11.8 Å². The Morgan fingerprint density at radius 2 is 1.67 bits per heavy atom. The van der Waals surface area contributed by atoms with Gasteiger partial charge in [0.2, 0.25) is 5.95 Å². The molecule has 0 saturated carbocycles. The molecule has 0 spiro atoms. The summed E-state index contributed by atoms with van der Waals surface area (Å²) in [4.78, 5) is 10.3. The van der Waals surface area contributed by atoms with Crippen LogP contribution in [0.1, 0.15) is 12.5 Å². The molecule has 0 amide bonds. The predicted molar refractivity (Wildman–Crippen MR) is 96.7 cm³/mol. The van der Waals surface area contributed by atoms with Crippen molar-refractivity contribution in [3.05, 3.63) is 72.2 Å². The number of anilines is 2. The molecule has 27 heavy (non-hydrogen) atoms. The monoisotopic (exact) mass is 393 g/mol. The summed E-state index contributed by atoms with van der Waals surface area (Å²) in [6.07, 6.45) is -3.78. The predicted octanol–water partition coefficient (Wildman–Crippen LogP) is 5.94. The number of nitrogens with zero attached hydrogens (tertiary/aromatic N) is 3. The first-order valence-corrected chi connectivity index (χ1v) is 8.90. The lowest BCUT2D eigenvalue weighted by atomic mass is 10.3.